The molecule has 84 valence electrons. The molecule has 0 aliphatic carbocycles. The first-order chi connectivity index (χ1) is 7.06. The number of rotatable bonds is 4. The van der Waals surface area contributed by atoms with E-state index in [2.05, 4.69) is 67.0 Å². The minimum Gasteiger partial charge on any atom is -0.271 e. The number of benzene rings is 1. The Bertz CT molecular complexity index is 323. The van der Waals surface area contributed by atoms with E-state index in [9.17, 15) is 0 Å². The SMILES string of the molecule is Cc1cccc(C(CC(C)C)NN)c1I. The zero-order chi connectivity index (χ0) is 11.4. The Kier molecular flexibility index (Phi) is 5.02. The molecule has 1 aromatic carbocycles. The average molecular weight is 318 g/mol. The van der Waals surface area contributed by atoms with Gasteiger partial charge in [-0.25, -0.2) is 0 Å². The van der Waals surface area contributed by atoms with Gasteiger partial charge in [0, 0.05) is 9.61 Å². The predicted octanol–water partition coefficient (Wildman–Crippen LogP) is 3.15. The van der Waals surface area contributed by atoms with Crippen molar-refractivity contribution < 1.29 is 0 Å². The summed E-state index contributed by atoms with van der Waals surface area (Å²) in [6.07, 6.45) is 1.07. The van der Waals surface area contributed by atoms with Crippen LogP contribution in [0, 0.1) is 16.4 Å². The van der Waals surface area contributed by atoms with Crippen LogP contribution in [0.1, 0.15) is 37.4 Å². The molecule has 3 heteroatoms. The summed E-state index contributed by atoms with van der Waals surface area (Å²) in [5, 5.41) is 0. The van der Waals surface area contributed by atoms with Gasteiger partial charge in [-0.2, -0.15) is 0 Å². The van der Waals surface area contributed by atoms with Crippen molar-refractivity contribution in [2.45, 2.75) is 33.2 Å². The standard InChI is InChI=1S/C12H19IN2/c1-8(2)7-11(15-14)10-6-4-5-9(3)12(10)13/h4-6,8,11,15H,7,14H2,1-3H3. The van der Waals surface area contributed by atoms with Crippen LogP contribution in [0.4, 0.5) is 0 Å². The maximum atomic E-state index is 5.62. The van der Waals surface area contributed by atoms with Crippen molar-refractivity contribution in [2.24, 2.45) is 11.8 Å². The van der Waals surface area contributed by atoms with Crippen LogP contribution < -0.4 is 11.3 Å². The molecule has 0 bridgehead atoms. The smallest absolute Gasteiger partial charge is 0.0473 e. The van der Waals surface area contributed by atoms with E-state index in [1.54, 1.807) is 0 Å². The van der Waals surface area contributed by atoms with E-state index in [1.807, 2.05) is 0 Å². The van der Waals surface area contributed by atoms with E-state index in [0.29, 0.717) is 5.92 Å². The van der Waals surface area contributed by atoms with Crippen molar-refractivity contribution in [1.82, 2.24) is 5.43 Å². The highest BCUT2D eigenvalue weighted by molar-refractivity contribution is 14.1. The summed E-state index contributed by atoms with van der Waals surface area (Å²) in [5.74, 6) is 6.26. The van der Waals surface area contributed by atoms with Gasteiger partial charge in [-0.3, -0.25) is 11.3 Å². The fourth-order valence-corrected chi connectivity index (χ4v) is 2.43. The normalized spacial score (nSPS) is 13.2. The van der Waals surface area contributed by atoms with E-state index < -0.39 is 0 Å². The molecule has 0 saturated carbocycles. The fraction of sp³-hybridized carbons (Fsp3) is 0.500. The molecule has 0 radical (unpaired) electrons. The Morgan fingerprint density at radius 1 is 1.40 bits per heavy atom. The van der Waals surface area contributed by atoms with E-state index in [4.69, 9.17) is 5.84 Å². The van der Waals surface area contributed by atoms with Crippen LogP contribution in [0.15, 0.2) is 18.2 Å². The fourth-order valence-electron chi connectivity index (χ4n) is 1.70. The number of hydrazine groups is 1. The van der Waals surface area contributed by atoms with Crippen LogP contribution in [0.5, 0.6) is 0 Å². The molecular formula is C12H19IN2. The van der Waals surface area contributed by atoms with Gasteiger partial charge in [0.15, 0.2) is 0 Å². The molecule has 15 heavy (non-hydrogen) atoms. The van der Waals surface area contributed by atoms with Crippen LogP contribution in [0.25, 0.3) is 0 Å². The molecule has 0 aliphatic heterocycles. The molecule has 2 nitrogen and oxygen atoms in total. The van der Waals surface area contributed by atoms with Crippen molar-refractivity contribution in [3.63, 3.8) is 0 Å². The Labute approximate surface area is 106 Å². The van der Waals surface area contributed by atoms with E-state index >= 15 is 0 Å². The summed E-state index contributed by atoms with van der Waals surface area (Å²) in [6, 6.07) is 6.64. The number of nitrogens with two attached hydrogens (primary N) is 1. The van der Waals surface area contributed by atoms with E-state index in [-0.39, 0.29) is 6.04 Å². The van der Waals surface area contributed by atoms with Crippen molar-refractivity contribution in [3.05, 3.63) is 32.9 Å². The molecular weight excluding hydrogens is 299 g/mol. The molecule has 1 rings (SSSR count). The first-order valence-corrected chi connectivity index (χ1v) is 6.35. The summed E-state index contributed by atoms with van der Waals surface area (Å²) in [5.41, 5.74) is 5.54. The number of aryl methyl sites for hydroxylation is 1. The number of nitrogens with one attached hydrogen (secondary N) is 1. The summed E-state index contributed by atoms with van der Waals surface area (Å²) < 4.78 is 1.32. The highest BCUT2D eigenvalue weighted by Gasteiger charge is 2.14. The van der Waals surface area contributed by atoms with Crippen LogP contribution in [0.2, 0.25) is 0 Å². The minimum absolute atomic E-state index is 0.261. The molecule has 0 aromatic heterocycles. The number of hydrogen-bond acceptors (Lipinski definition) is 2. The Morgan fingerprint density at radius 2 is 2.07 bits per heavy atom. The largest absolute Gasteiger partial charge is 0.271 e. The summed E-state index contributed by atoms with van der Waals surface area (Å²) >= 11 is 2.39. The first-order valence-electron chi connectivity index (χ1n) is 5.27. The maximum absolute atomic E-state index is 5.62. The zero-order valence-electron chi connectivity index (χ0n) is 9.55. The van der Waals surface area contributed by atoms with Gasteiger partial charge in [0.2, 0.25) is 0 Å². The van der Waals surface area contributed by atoms with E-state index in [0.717, 1.165) is 6.42 Å². The lowest BCUT2D eigenvalue weighted by molar-refractivity contribution is 0.436. The van der Waals surface area contributed by atoms with Gasteiger partial charge < -0.3 is 0 Å². The number of hydrogen-bond donors (Lipinski definition) is 2. The van der Waals surface area contributed by atoms with Crippen molar-refractivity contribution in [1.29, 1.82) is 0 Å². The Balaban J connectivity index is 2.96. The maximum Gasteiger partial charge on any atom is 0.0473 e. The Morgan fingerprint density at radius 3 is 2.60 bits per heavy atom. The lowest BCUT2D eigenvalue weighted by atomic mass is 9.96. The number of halogens is 1. The molecule has 0 aliphatic rings. The van der Waals surface area contributed by atoms with E-state index in [1.165, 1.54) is 14.7 Å². The molecule has 0 spiro atoms. The summed E-state index contributed by atoms with van der Waals surface area (Å²) in [4.78, 5) is 0. The lowest BCUT2D eigenvalue weighted by Gasteiger charge is -2.20. The summed E-state index contributed by atoms with van der Waals surface area (Å²) in [7, 11) is 0. The third-order valence-electron chi connectivity index (χ3n) is 2.51. The van der Waals surface area contributed by atoms with Gasteiger partial charge in [-0.15, -0.1) is 0 Å². The van der Waals surface area contributed by atoms with Gasteiger partial charge in [-0.05, 0) is 53.0 Å². The topological polar surface area (TPSA) is 38.0 Å². The van der Waals surface area contributed by atoms with Crippen molar-refractivity contribution >= 4 is 22.6 Å². The second kappa shape index (κ2) is 5.82. The van der Waals surface area contributed by atoms with Crippen molar-refractivity contribution in [2.75, 3.05) is 0 Å². The minimum atomic E-state index is 0.261. The molecule has 1 aromatic rings. The Hall–Kier alpha value is -0.130. The molecule has 1 atom stereocenters. The second-order valence-corrected chi connectivity index (χ2v) is 5.41. The molecule has 0 saturated heterocycles. The third kappa shape index (κ3) is 3.43. The van der Waals surface area contributed by atoms with Crippen LogP contribution in [-0.2, 0) is 0 Å². The van der Waals surface area contributed by atoms with Crippen LogP contribution in [0.3, 0.4) is 0 Å². The average Bonchev–Trinajstić information content (AvgIpc) is 2.19. The first kappa shape index (κ1) is 12.9. The zero-order valence-corrected chi connectivity index (χ0v) is 11.7. The van der Waals surface area contributed by atoms with Gasteiger partial charge in [0.25, 0.3) is 0 Å². The quantitative estimate of drug-likeness (QED) is 0.508. The molecule has 0 amide bonds. The third-order valence-corrected chi connectivity index (χ3v) is 3.98. The van der Waals surface area contributed by atoms with Crippen LogP contribution in [-0.4, -0.2) is 0 Å². The molecule has 3 N–H and O–H groups in total. The molecule has 0 heterocycles. The van der Waals surface area contributed by atoms with Gasteiger partial charge >= 0.3 is 0 Å². The highest BCUT2D eigenvalue weighted by atomic mass is 127. The predicted molar refractivity (Wildman–Crippen MR) is 73.4 cm³/mol. The highest BCUT2D eigenvalue weighted by Crippen LogP contribution is 2.26. The van der Waals surface area contributed by atoms with Crippen molar-refractivity contribution in [3.8, 4) is 0 Å². The molecule has 0 fully saturated rings. The van der Waals surface area contributed by atoms with Gasteiger partial charge in [0.05, 0.1) is 0 Å². The van der Waals surface area contributed by atoms with Gasteiger partial charge in [0.1, 0.15) is 0 Å². The lowest BCUT2D eigenvalue weighted by Crippen LogP contribution is -2.29. The molecule has 1 unspecified atom stereocenters. The monoisotopic (exact) mass is 318 g/mol. The van der Waals surface area contributed by atoms with Gasteiger partial charge in [-0.1, -0.05) is 32.0 Å². The van der Waals surface area contributed by atoms with Crippen LogP contribution >= 0.6 is 22.6 Å². The summed E-state index contributed by atoms with van der Waals surface area (Å²) in [6.45, 7) is 6.56. The second-order valence-electron chi connectivity index (χ2n) is 4.33.